The molecule has 0 aliphatic rings. The summed E-state index contributed by atoms with van der Waals surface area (Å²) in [4.78, 5) is 27.1. The molecule has 0 aromatic heterocycles. The molecule has 2 amide bonds. The zero-order valence-corrected chi connectivity index (χ0v) is 16.1. The summed E-state index contributed by atoms with van der Waals surface area (Å²) in [7, 11) is 3.91. The van der Waals surface area contributed by atoms with Gasteiger partial charge in [0.05, 0.1) is 0 Å². The standard InChI is InChI=1S/C21H27N3O2/c1-15-8-6-7-9-16(15)14-22-19(25)21(2,3)20(26)23-17-10-12-18(13-11-17)24(4)5/h6-13H,14H2,1-5H3,(H,22,25)(H,23,26). The first-order chi connectivity index (χ1) is 12.2. The molecule has 0 saturated carbocycles. The van der Waals surface area contributed by atoms with Crippen LogP contribution < -0.4 is 15.5 Å². The maximum atomic E-state index is 12.6. The summed E-state index contributed by atoms with van der Waals surface area (Å²) >= 11 is 0. The zero-order chi connectivity index (χ0) is 19.3. The second-order valence-corrected chi connectivity index (χ2v) is 7.13. The summed E-state index contributed by atoms with van der Waals surface area (Å²) in [6.45, 7) is 5.66. The van der Waals surface area contributed by atoms with Gasteiger partial charge >= 0.3 is 0 Å². The van der Waals surface area contributed by atoms with Crippen molar-refractivity contribution in [3.8, 4) is 0 Å². The van der Waals surface area contributed by atoms with E-state index in [9.17, 15) is 9.59 Å². The molecule has 0 saturated heterocycles. The summed E-state index contributed by atoms with van der Waals surface area (Å²) < 4.78 is 0. The predicted octanol–water partition coefficient (Wildman–Crippen LogP) is 3.34. The van der Waals surface area contributed by atoms with Gasteiger partial charge in [0, 0.05) is 32.0 Å². The molecule has 5 nitrogen and oxygen atoms in total. The van der Waals surface area contributed by atoms with Crippen molar-refractivity contribution in [2.75, 3.05) is 24.3 Å². The van der Waals surface area contributed by atoms with Crippen molar-refractivity contribution in [2.45, 2.75) is 27.3 Å². The van der Waals surface area contributed by atoms with E-state index < -0.39 is 5.41 Å². The Hall–Kier alpha value is -2.82. The van der Waals surface area contributed by atoms with Gasteiger partial charge < -0.3 is 15.5 Å². The monoisotopic (exact) mass is 353 g/mol. The number of carbonyl (C=O) groups is 2. The van der Waals surface area contributed by atoms with Crippen LogP contribution >= 0.6 is 0 Å². The van der Waals surface area contributed by atoms with Gasteiger partial charge in [-0.2, -0.15) is 0 Å². The number of nitrogens with one attached hydrogen (secondary N) is 2. The normalized spacial score (nSPS) is 11.0. The third-order valence-corrected chi connectivity index (χ3v) is 4.48. The molecule has 5 heteroatoms. The first-order valence-electron chi connectivity index (χ1n) is 8.63. The van der Waals surface area contributed by atoms with Crippen LogP contribution in [0.5, 0.6) is 0 Å². The molecule has 2 aromatic carbocycles. The number of hydrogen-bond acceptors (Lipinski definition) is 3. The molecule has 0 fully saturated rings. The van der Waals surface area contributed by atoms with E-state index in [2.05, 4.69) is 10.6 Å². The van der Waals surface area contributed by atoms with Gasteiger partial charge in [0.25, 0.3) is 0 Å². The van der Waals surface area contributed by atoms with Gasteiger partial charge in [-0.05, 0) is 56.2 Å². The summed E-state index contributed by atoms with van der Waals surface area (Å²) in [6.07, 6.45) is 0. The molecule has 0 atom stereocenters. The van der Waals surface area contributed by atoms with Gasteiger partial charge in [-0.25, -0.2) is 0 Å². The molecule has 0 aliphatic carbocycles. The number of amides is 2. The molecule has 0 unspecified atom stereocenters. The van der Waals surface area contributed by atoms with Crippen LogP contribution in [0.2, 0.25) is 0 Å². The van der Waals surface area contributed by atoms with Gasteiger partial charge in [0.1, 0.15) is 5.41 Å². The highest BCUT2D eigenvalue weighted by Crippen LogP contribution is 2.21. The third kappa shape index (κ3) is 4.63. The second kappa shape index (κ2) is 8.04. The van der Waals surface area contributed by atoms with Crippen LogP contribution in [0.1, 0.15) is 25.0 Å². The predicted molar refractivity (Wildman–Crippen MR) is 106 cm³/mol. The number of rotatable bonds is 6. The molecule has 2 rings (SSSR count). The highest BCUT2D eigenvalue weighted by atomic mass is 16.2. The fourth-order valence-corrected chi connectivity index (χ4v) is 2.44. The Kier molecular flexibility index (Phi) is 6.03. The fourth-order valence-electron chi connectivity index (χ4n) is 2.44. The van der Waals surface area contributed by atoms with Gasteiger partial charge in [-0.3, -0.25) is 9.59 Å². The Morgan fingerprint density at radius 2 is 1.58 bits per heavy atom. The molecule has 26 heavy (non-hydrogen) atoms. The van der Waals surface area contributed by atoms with Crippen molar-refractivity contribution in [3.63, 3.8) is 0 Å². The summed E-state index contributed by atoms with van der Waals surface area (Å²) in [5, 5.41) is 5.68. The number of hydrogen-bond donors (Lipinski definition) is 2. The fraction of sp³-hybridized carbons (Fsp3) is 0.333. The minimum Gasteiger partial charge on any atom is -0.378 e. The van der Waals surface area contributed by atoms with E-state index in [-0.39, 0.29) is 11.8 Å². The zero-order valence-electron chi connectivity index (χ0n) is 16.1. The SMILES string of the molecule is Cc1ccccc1CNC(=O)C(C)(C)C(=O)Nc1ccc(N(C)C)cc1. The van der Waals surface area contributed by atoms with Crippen molar-refractivity contribution in [3.05, 3.63) is 59.7 Å². The molecular formula is C21H27N3O2. The van der Waals surface area contributed by atoms with Crippen LogP contribution in [0.15, 0.2) is 48.5 Å². The number of benzene rings is 2. The van der Waals surface area contributed by atoms with Crippen molar-refractivity contribution in [2.24, 2.45) is 5.41 Å². The van der Waals surface area contributed by atoms with Gasteiger partial charge in [-0.1, -0.05) is 24.3 Å². The molecule has 138 valence electrons. The lowest BCUT2D eigenvalue weighted by atomic mass is 9.90. The van der Waals surface area contributed by atoms with Crippen molar-refractivity contribution in [1.82, 2.24) is 5.32 Å². The first-order valence-corrected chi connectivity index (χ1v) is 8.63. The lowest BCUT2D eigenvalue weighted by Gasteiger charge is -2.23. The van der Waals surface area contributed by atoms with Crippen LogP contribution in [0.4, 0.5) is 11.4 Å². The van der Waals surface area contributed by atoms with Crippen LogP contribution in [-0.2, 0) is 16.1 Å². The quantitative estimate of drug-likeness (QED) is 0.783. The largest absolute Gasteiger partial charge is 0.378 e. The second-order valence-electron chi connectivity index (χ2n) is 7.13. The van der Waals surface area contributed by atoms with Crippen molar-refractivity contribution >= 4 is 23.2 Å². The lowest BCUT2D eigenvalue weighted by Crippen LogP contribution is -2.44. The summed E-state index contributed by atoms with van der Waals surface area (Å²) in [6, 6.07) is 15.3. The summed E-state index contributed by atoms with van der Waals surface area (Å²) in [5.41, 5.74) is 2.68. The molecule has 0 heterocycles. The molecule has 0 aliphatic heterocycles. The summed E-state index contributed by atoms with van der Waals surface area (Å²) in [5.74, 6) is -0.638. The van der Waals surface area contributed by atoms with Crippen molar-refractivity contribution in [1.29, 1.82) is 0 Å². The Labute approximate surface area is 155 Å². The first kappa shape index (κ1) is 19.5. The number of nitrogens with zero attached hydrogens (tertiary/aromatic N) is 1. The van der Waals surface area contributed by atoms with E-state index in [0.29, 0.717) is 12.2 Å². The third-order valence-electron chi connectivity index (χ3n) is 4.48. The van der Waals surface area contributed by atoms with E-state index in [0.717, 1.165) is 16.8 Å². The molecule has 0 spiro atoms. The highest BCUT2D eigenvalue weighted by molar-refractivity contribution is 6.09. The maximum Gasteiger partial charge on any atom is 0.239 e. The van der Waals surface area contributed by atoms with Crippen LogP contribution in [0.25, 0.3) is 0 Å². The van der Waals surface area contributed by atoms with Crippen LogP contribution in [0.3, 0.4) is 0 Å². The minimum atomic E-state index is -1.18. The van der Waals surface area contributed by atoms with E-state index in [4.69, 9.17) is 0 Å². The smallest absolute Gasteiger partial charge is 0.239 e. The Bertz CT molecular complexity index is 780. The molecule has 2 aromatic rings. The molecular weight excluding hydrogens is 326 g/mol. The van der Waals surface area contributed by atoms with E-state index in [1.807, 2.05) is 74.4 Å². The molecule has 0 bridgehead atoms. The molecule has 0 radical (unpaired) electrons. The van der Waals surface area contributed by atoms with E-state index in [1.54, 1.807) is 13.8 Å². The Morgan fingerprint density at radius 1 is 0.962 bits per heavy atom. The minimum absolute atomic E-state index is 0.303. The topological polar surface area (TPSA) is 61.4 Å². The molecule has 2 N–H and O–H groups in total. The van der Waals surface area contributed by atoms with Gasteiger partial charge in [0.2, 0.25) is 11.8 Å². The average molecular weight is 353 g/mol. The van der Waals surface area contributed by atoms with Crippen LogP contribution in [0, 0.1) is 12.3 Å². The Morgan fingerprint density at radius 3 is 2.15 bits per heavy atom. The van der Waals surface area contributed by atoms with Crippen LogP contribution in [-0.4, -0.2) is 25.9 Å². The van der Waals surface area contributed by atoms with E-state index in [1.165, 1.54) is 0 Å². The lowest BCUT2D eigenvalue weighted by molar-refractivity contribution is -0.138. The number of aryl methyl sites for hydroxylation is 1. The maximum absolute atomic E-state index is 12.6. The highest BCUT2D eigenvalue weighted by Gasteiger charge is 2.36. The Balaban J connectivity index is 1.99. The van der Waals surface area contributed by atoms with Crippen molar-refractivity contribution < 1.29 is 9.59 Å². The van der Waals surface area contributed by atoms with E-state index >= 15 is 0 Å². The number of anilines is 2. The van der Waals surface area contributed by atoms with Gasteiger partial charge in [-0.15, -0.1) is 0 Å². The number of carbonyl (C=O) groups excluding carboxylic acids is 2. The average Bonchev–Trinajstić information content (AvgIpc) is 2.61. The van der Waals surface area contributed by atoms with Gasteiger partial charge in [0.15, 0.2) is 0 Å².